The van der Waals surface area contributed by atoms with E-state index in [1.54, 1.807) is 0 Å². The minimum atomic E-state index is -0.649. The lowest BCUT2D eigenvalue weighted by molar-refractivity contribution is -0.384. The minimum Gasteiger partial charge on any atom is -0.378 e. The summed E-state index contributed by atoms with van der Waals surface area (Å²) in [7, 11) is 0. The summed E-state index contributed by atoms with van der Waals surface area (Å²) in [6.07, 6.45) is 1.02. The number of nitro benzene ring substituents is 1. The van der Waals surface area contributed by atoms with Crippen LogP contribution in [-0.4, -0.2) is 19.6 Å². The molecule has 92 valence electrons. The third kappa shape index (κ3) is 1.84. The molecule has 0 bridgehead atoms. The monoisotopic (exact) mass is 249 g/mol. The van der Waals surface area contributed by atoms with Gasteiger partial charge in [-0.25, -0.2) is 4.68 Å². The number of benzene rings is 1. The van der Waals surface area contributed by atoms with Crippen molar-refractivity contribution in [1.82, 2.24) is 9.78 Å². The van der Waals surface area contributed by atoms with Crippen molar-refractivity contribution in [1.29, 1.82) is 0 Å². The molecule has 0 saturated carbocycles. The first kappa shape index (κ1) is 11.5. The third-order valence-electron chi connectivity index (χ3n) is 2.29. The maximum Gasteiger partial charge on any atom is 0.331 e. The number of nitro groups is 2. The zero-order valence-electron chi connectivity index (χ0n) is 8.89. The molecule has 2 rings (SSSR count). The highest BCUT2D eigenvalue weighted by molar-refractivity contribution is 5.56. The van der Waals surface area contributed by atoms with Gasteiger partial charge in [-0.3, -0.25) is 20.2 Å². The largest absolute Gasteiger partial charge is 0.378 e. The van der Waals surface area contributed by atoms with E-state index in [0.29, 0.717) is 5.69 Å². The average Bonchev–Trinajstić information content (AvgIpc) is 2.71. The Labute approximate surface area is 99.7 Å². The second kappa shape index (κ2) is 4.13. The van der Waals surface area contributed by atoms with Gasteiger partial charge in [0.1, 0.15) is 6.20 Å². The van der Waals surface area contributed by atoms with Gasteiger partial charge < -0.3 is 5.73 Å². The number of anilines is 1. The van der Waals surface area contributed by atoms with Gasteiger partial charge in [-0.15, -0.1) is 0 Å². The Balaban J connectivity index is 2.43. The number of nitrogen functional groups attached to an aromatic ring is 1. The predicted octanol–water partition coefficient (Wildman–Crippen LogP) is 1.27. The zero-order valence-corrected chi connectivity index (χ0v) is 8.89. The molecule has 0 atom stereocenters. The molecule has 1 aromatic heterocycles. The highest BCUT2D eigenvalue weighted by Gasteiger charge is 2.18. The second-order valence-corrected chi connectivity index (χ2v) is 3.36. The number of hydrogen-bond acceptors (Lipinski definition) is 6. The lowest BCUT2D eigenvalue weighted by atomic mass is 10.3. The van der Waals surface area contributed by atoms with Gasteiger partial charge in [0.05, 0.1) is 15.5 Å². The maximum absolute atomic E-state index is 10.6. The molecule has 0 aliphatic rings. The molecule has 9 nitrogen and oxygen atoms in total. The maximum atomic E-state index is 10.6. The first-order valence-electron chi connectivity index (χ1n) is 4.73. The first-order valence-corrected chi connectivity index (χ1v) is 4.73. The van der Waals surface area contributed by atoms with Crippen LogP contribution in [0.1, 0.15) is 0 Å². The normalized spacial score (nSPS) is 10.2. The Kier molecular flexibility index (Phi) is 2.64. The predicted molar refractivity (Wildman–Crippen MR) is 61.3 cm³/mol. The number of rotatable bonds is 3. The van der Waals surface area contributed by atoms with Gasteiger partial charge in [0.25, 0.3) is 5.69 Å². The number of aromatic nitrogens is 2. The Morgan fingerprint density at radius 2 is 1.72 bits per heavy atom. The number of nitrogens with two attached hydrogens (primary N) is 1. The molecule has 2 aromatic rings. The van der Waals surface area contributed by atoms with Crippen LogP contribution < -0.4 is 5.73 Å². The van der Waals surface area contributed by atoms with Crippen molar-refractivity contribution in [2.24, 2.45) is 0 Å². The van der Waals surface area contributed by atoms with Crippen LogP contribution >= 0.6 is 0 Å². The SMILES string of the molecule is Nc1c([N+](=O)[O-])cnn1-c1ccc([N+](=O)[O-])cc1. The van der Waals surface area contributed by atoms with Gasteiger partial charge in [-0.2, -0.15) is 5.10 Å². The van der Waals surface area contributed by atoms with Crippen LogP contribution in [0.25, 0.3) is 5.69 Å². The summed E-state index contributed by atoms with van der Waals surface area (Å²) in [5.74, 6) is -0.131. The molecular formula is C9H7N5O4. The van der Waals surface area contributed by atoms with Crippen molar-refractivity contribution in [3.8, 4) is 5.69 Å². The molecule has 9 heteroatoms. The number of non-ortho nitro benzene ring substituents is 1. The summed E-state index contributed by atoms with van der Waals surface area (Å²) in [6.45, 7) is 0. The molecule has 0 fully saturated rings. The van der Waals surface area contributed by atoms with Crippen molar-refractivity contribution in [2.75, 3.05) is 5.73 Å². The molecule has 1 aromatic carbocycles. The van der Waals surface area contributed by atoms with Crippen LogP contribution in [0.4, 0.5) is 17.2 Å². The van der Waals surface area contributed by atoms with E-state index in [0.717, 1.165) is 10.9 Å². The van der Waals surface area contributed by atoms with Crippen LogP contribution in [0.2, 0.25) is 0 Å². The van der Waals surface area contributed by atoms with E-state index in [1.165, 1.54) is 24.3 Å². The molecule has 0 saturated heterocycles. The molecule has 0 spiro atoms. The van der Waals surface area contributed by atoms with E-state index in [4.69, 9.17) is 5.73 Å². The fourth-order valence-electron chi connectivity index (χ4n) is 1.41. The molecule has 2 N–H and O–H groups in total. The molecule has 18 heavy (non-hydrogen) atoms. The molecule has 0 aliphatic carbocycles. The highest BCUT2D eigenvalue weighted by Crippen LogP contribution is 2.24. The first-order chi connectivity index (χ1) is 8.50. The summed E-state index contributed by atoms with van der Waals surface area (Å²) < 4.78 is 1.14. The van der Waals surface area contributed by atoms with Gasteiger partial charge in [0.2, 0.25) is 5.82 Å². The van der Waals surface area contributed by atoms with Crippen molar-refractivity contribution in [3.63, 3.8) is 0 Å². The number of hydrogen-bond donors (Lipinski definition) is 1. The molecule has 1 heterocycles. The van der Waals surface area contributed by atoms with E-state index < -0.39 is 9.85 Å². The Morgan fingerprint density at radius 1 is 1.11 bits per heavy atom. The molecule has 0 radical (unpaired) electrons. The van der Waals surface area contributed by atoms with Crippen LogP contribution in [0, 0.1) is 20.2 Å². The highest BCUT2D eigenvalue weighted by atomic mass is 16.6. The van der Waals surface area contributed by atoms with Crippen LogP contribution in [0.3, 0.4) is 0 Å². The second-order valence-electron chi connectivity index (χ2n) is 3.36. The van der Waals surface area contributed by atoms with Crippen molar-refractivity contribution in [2.45, 2.75) is 0 Å². The van der Waals surface area contributed by atoms with Gasteiger partial charge in [0.15, 0.2) is 0 Å². The Bertz CT molecular complexity index is 618. The van der Waals surface area contributed by atoms with E-state index in [1.807, 2.05) is 0 Å². The van der Waals surface area contributed by atoms with Crippen molar-refractivity contribution in [3.05, 3.63) is 50.7 Å². The van der Waals surface area contributed by atoms with Crippen LogP contribution in [-0.2, 0) is 0 Å². The third-order valence-corrected chi connectivity index (χ3v) is 2.29. The van der Waals surface area contributed by atoms with Crippen LogP contribution in [0.5, 0.6) is 0 Å². The lowest BCUT2D eigenvalue weighted by Gasteiger charge is -2.02. The molecular weight excluding hydrogens is 242 g/mol. The van der Waals surface area contributed by atoms with Gasteiger partial charge >= 0.3 is 5.69 Å². The smallest absolute Gasteiger partial charge is 0.331 e. The molecule has 0 aliphatic heterocycles. The van der Waals surface area contributed by atoms with E-state index in [9.17, 15) is 20.2 Å². The number of nitrogens with zero attached hydrogens (tertiary/aromatic N) is 4. The minimum absolute atomic E-state index is 0.0843. The van der Waals surface area contributed by atoms with Gasteiger partial charge in [-0.1, -0.05) is 0 Å². The van der Waals surface area contributed by atoms with Gasteiger partial charge in [-0.05, 0) is 12.1 Å². The standard InChI is InChI=1S/C9H7N5O4/c10-9-8(14(17)18)5-11-12(9)6-1-3-7(4-2-6)13(15)16/h1-5H,10H2. The summed E-state index contributed by atoms with van der Waals surface area (Å²) in [6, 6.07) is 5.35. The van der Waals surface area contributed by atoms with Gasteiger partial charge in [0, 0.05) is 12.1 Å². The summed E-state index contributed by atoms with van der Waals surface area (Å²) >= 11 is 0. The topological polar surface area (TPSA) is 130 Å². The fourth-order valence-corrected chi connectivity index (χ4v) is 1.41. The Hall–Kier alpha value is -2.97. The van der Waals surface area contributed by atoms with E-state index >= 15 is 0 Å². The van der Waals surface area contributed by atoms with E-state index in [2.05, 4.69) is 5.10 Å². The fraction of sp³-hybridized carbons (Fsp3) is 0. The molecule has 0 unspecified atom stereocenters. The van der Waals surface area contributed by atoms with Crippen molar-refractivity contribution < 1.29 is 9.85 Å². The Morgan fingerprint density at radius 3 is 2.17 bits per heavy atom. The quantitative estimate of drug-likeness (QED) is 0.643. The van der Waals surface area contributed by atoms with E-state index in [-0.39, 0.29) is 17.2 Å². The summed E-state index contributed by atoms with van der Waals surface area (Å²) in [5.41, 5.74) is 5.57. The molecule has 0 amide bonds. The lowest BCUT2D eigenvalue weighted by Crippen LogP contribution is -2.03. The van der Waals surface area contributed by atoms with Crippen LogP contribution in [0.15, 0.2) is 30.5 Å². The summed E-state index contributed by atoms with van der Waals surface area (Å²) in [4.78, 5) is 19.9. The summed E-state index contributed by atoms with van der Waals surface area (Å²) in [5, 5.41) is 24.8. The zero-order chi connectivity index (χ0) is 13.3. The average molecular weight is 249 g/mol. The van der Waals surface area contributed by atoms with Crippen molar-refractivity contribution >= 4 is 17.2 Å².